The van der Waals surface area contributed by atoms with Gasteiger partial charge in [-0.15, -0.1) is 0 Å². The van der Waals surface area contributed by atoms with Crippen molar-refractivity contribution in [3.63, 3.8) is 0 Å². The smallest absolute Gasteiger partial charge is 0.312 e. The van der Waals surface area contributed by atoms with Gasteiger partial charge in [-0.25, -0.2) is 8.42 Å². The van der Waals surface area contributed by atoms with E-state index < -0.39 is 20.6 Å². The van der Waals surface area contributed by atoms with Crippen molar-refractivity contribution in [3.05, 3.63) is 82.9 Å². The number of phenolic OH excluding ortho intramolecular Hbond substituents is 2. The summed E-state index contributed by atoms with van der Waals surface area (Å²) in [7, 11) is -2.97. The van der Waals surface area contributed by atoms with E-state index in [2.05, 4.69) is 4.72 Å². The van der Waals surface area contributed by atoms with E-state index >= 15 is 0 Å². The Morgan fingerprint density at radius 3 is 2.39 bits per heavy atom. The number of aromatic hydroxyl groups is 2. The Bertz CT molecular complexity index is 1500. The van der Waals surface area contributed by atoms with Gasteiger partial charge in [-0.3, -0.25) is 14.8 Å². The first-order valence-electron chi connectivity index (χ1n) is 9.60. The fourth-order valence-corrected chi connectivity index (χ4v) is 4.61. The zero-order valence-corrected chi connectivity index (χ0v) is 18.0. The van der Waals surface area contributed by atoms with E-state index in [-0.39, 0.29) is 33.4 Å². The third kappa shape index (κ3) is 4.11. The highest BCUT2D eigenvalue weighted by Crippen LogP contribution is 2.42. The van der Waals surface area contributed by atoms with Gasteiger partial charge >= 0.3 is 5.69 Å². The molecule has 0 atom stereocenters. The summed E-state index contributed by atoms with van der Waals surface area (Å²) in [5.41, 5.74) is 0.151. The van der Waals surface area contributed by atoms with Crippen LogP contribution in [-0.4, -0.2) is 30.7 Å². The third-order valence-corrected chi connectivity index (χ3v) is 6.46. The minimum Gasteiger partial charge on any atom is -0.507 e. The van der Waals surface area contributed by atoms with Crippen LogP contribution < -0.4 is 9.46 Å². The molecule has 168 valence electrons. The summed E-state index contributed by atoms with van der Waals surface area (Å²) in [6.45, 7) is 0. The lowest BCUT2D eigenvalue weighted by Crippen LogP contribution is -2.13. The molecule has 0 aliphatic carbocycles. The molecule has 0 spiro atoms. The minimum atomic E-state index is -4.21. The van der Waals surface area contributed by atoms with E-state index in [4.69, 9.17) is 4.74 Å². The summed E-state index contributed by atoms with van der Waals surface area (Å²) in [6, 6.07) is 17.8. The van der Waals surface area contributed by atoms with Crippen molar-refractivity contribution in [2.45, 2.75) is 4.90 Å². The number of rotatable bonds is 6. The molecule has 4 aromatic carbocycles. The van der Waals surface area contributed by atoms with Crippen molar-refractivity contribution in [2.75, 3.05) is 11.8 Å². The monoisotopic (exact) mass is 466 g/mol. The molecule has 0 aliphatic heterocycles. The van der Waals surface area contributed by atoms with Crippen molar-refractivity contribution < 1.29 is 28.3 Å². The molecule has 4 aromatic rings. The average molecular weight is 466 g/mol. The minimum absolute atomic E-state index is 0.0719. The molecule has 4 rings (SSSR count). The van der Waals surface area contributed by atoms with E-state index in [0.717, 1.165) is 11.5 Å². The summed E-state index contributed by atoms with van der Waals surface area (Å²) in [5.74, 6) is -0.322. The Kier molecular flexibility index (Phi) is 5.52. The number of anilines is 1. The van der Waals surface area contributed by atoms with E-state index in [1.54, 1.807) is 18.2 Å². The van der Waals surface area contributed by atoms with Crippen molar-refractivity contribution in [1.82, 2.24) is 0 Å². The number of nitrogens with zero attached hydrogens (tertiary/aromatic N) is 1. The standard InChI is InChI=1S/C23H18N2O7S/c1-32-22-11-8-16(13-19(22)25(28)29)33(30,31)24-15-7-10-20(26)18(12-15)23-17-5-3-2-4-14(17)6-9-21(23)27/h2-13,24,26-27H,1H3. The number of ether oxygens (including phenoxy) is 1. The maximum absolute atomic E-state index is 12.9. The number of phenols is 2. The van der Waals surface area contributed by atoms with Crippen molar-refractivity contribution in [2.24, 2.45) is 0 Å². The number of nitro benzene ring substituents is 1. The second kappa shape index (κ2) is 8.32. The van der Waals surface area contributed by atoms with Gasteiger partial charge in [-0.05, 0) is 47.2 Å². The molecular formula is C23H18N2O7S. The van der Waals surface area contributed by atoms with Gasteiger partial charge in [0.15, 0.2) is 5.75 Å². The van der Waals surface area contributed by atoms with Crippen molar-refractivity contribution >= 4 is 32.2 Å². The van der Waals surface area contributed by atoms with Crippen molar-refractivity contribution in [1.29, 1.82) is 0 Å². The quantitative estimate of drug-likeness (QED) is 0.214. The third-order valence-electron chi connectivity index (χ3n) is 5.08. The molecule has 10 heteroatoms. The van der Waals surface area contributed by atoms with Crippen LogP contribution in [0.5, 0.6) is 17.2 Å². The first kappa shape index (κ1) is 21.9. The molecule has 0 aliphatic rings. The molecule has 0 saturated carbocycles. The largest absolute Gasteiger partial charge is 0.507 e. The number of methoxy groups -OCH3 is 1. The Labute approximate surface area is 188 Å². The summed E-state index contributed by atoms with van der Waals surface area (Å²) < 4.78 is 33.1. The van der Waals surface area contributed by atoms with Crippen LogP contribution in [-0.2, 0) is 10.0 Å². The lowest BCUT2D eigenvalue weighted by Gasteiger charge is -2.14. The molecule has 0 radical (unpaired) electrons. The van der Waals surface area contributed by atoms with E-state index in [1.165, 1.54) is 43.5 Å². The van der Waals surface area contributed by atoms with Gasteiger partial charge in [-0.1, -0.05) is 30.3 Å². The molecule has 9 nitrogen and oxygen atoms in total. The summed E-state index contributed by atoms with van der Waals surface area (Å²) >= 11 is 0. The Balaban J connectivity index is 1.78. The van der Waals surface area contributed by atoms with Crippen LogP contribution in [0.3, 0.4) is 0 Å². The summed E-state index contributed by atoms with van der Waals surface area (Å²) in [4.78, 5) is 10.2. The molecule has 0 aromatic heterocycles. The number of sulfonamides is 1. The molecule has 3 N–H and O–H groups in total. The Morgan fingerprint density at radius 2 is 1.67 bits per heavy atom. The number of hydrogen-bond acceptors (Lipinski definition) is 7. The highest BCUT2D eigenvalue weighted by molar-refractivity contribution is 7.92. The highest BCUT2D eigenvalue weighted by Gasteiger charge is 2.23. The van der Waals surface area contributed by atoms with Gasteiger partial charge in [0.25, 0.3) is 10.0 Å². The Hall–Kier alpha value is -4.31. The predicted molar refractivity (Wildman–Crippen MR) is 123 cm³/mol. The van der Waals surface area contributed by atoms with E-state index in [1.807, 2.05) is 12.1 Å². The van der Waals surface area contributed by atoms with Gasteiger partial charge in [-0.2, -0.15) is 0 Å². The van der Waals surface area contributed by atoms with Crippen molar-refractivity contribution in [3.8, 4) is 28.4 Å². The lowest BCUT2D eigenvalue weighted by molar-refractivity contribution is -0.386. The van der Waals surface area contributed by atoms with Gasteiger partial charge in [0.05, 0.1) is 16.9 Å². The first-order valence-corrected chi connectivity index (χ1v) is 11.1. The zero-order chi connectivity index (χ0) is 23.8. The maximum Gasteiger partial charge on any atom is 0.312 e. The fourth-order valence-electron chi connectivity index (χ4n) is 3.54. The zero-order valence-electron chi connectivity index (χ0n) is 17.2. The van der Waals surface area contributed by atoms with Gasteiger partial charge < -0.3 is 14.9 Å². The van der Waals surface area contributed by atoms with Crippen LogP contribution in [0.1, 0.15) is 0 Å². The van der Waals surface area contributed by atoms with Gasteiger partial charge in [0.2, 0.25) is 0 Å². The number of hydrogen-bond donors (Lipinski definition) is 3. The van der Waals surface area contributed by atoms with Gasteiger partial charge in [0, 0.05) is 22.9 Å². The molecule has 33 heavy (non-hydrogen) atoms. The molecule has 0 amide bonds. The number of benzene rings is 4. The van der Waals surface area contributed by atoms with Crippen LogP contribution in [0.15, 0.2) is 77.7 Å². The average Bonchev–Trinajstić information content (AvgIpc) is 2.80. The second-order valence-corrected chi connectivity index (χ2v) is 8.79. The molecular weight excluding hydrogens is 448 g/mol. The van der Waals surface area contributed by atoms with Crippen LogP contribution >= 0.6 is 0 Å². The molecule has 0 unspecified atom stereocenters. The van der Waals surface area contributed by atoms with E-state index in [0.29, 0.717) is 10.9 Å². The predicted octanol–water partition coefficient (Wildman–Crippen LogP) is 4.64. The van der Waals surface area contributed by atoms with E-state index in [9.17, 15) is 28.7 Å². The molecule has 0 saturated heterocycles. The maximum atomic E-state index is 12.9. The second-order valence-electron chi connectivity index (χ2n) is 7.11. The van der Waals surface area contributed by atoms with Crippen LogP contribution in [0, 0.1) is 10.1 Å². The molecule has 0 heterocycles. The fraction of sp³-hybridized carbons (Fsp3) is 0.0435. The van der Waals surface area contributed by atoms with Crippen LogP contribution in [0.4, 0.5) is 11.4 Å². The highest BCUT2D eigenvalue weighted by atomic mass is 32.2. The van der Waals surface area contributed by atoms with Crippen LogP contribution in [0.25, 0.3) is 21.9 Å². The molecule has 0 fully saturated rings. The number of nitrogens with one attached hydrogen (secondary N) is 1. The SMILES string of the molecule is COc1ccc(S(=O)(=O)Nc2ccc(O)c(-c3c(O)ccc4ccccc34)c2)cc1[N+](=O)[O-]. The summed E-state index contributed by atoms with van der Waals surface area (Å²) in [6.07, 6.45) is 0. The summed E-state index contributed by atoms with van der Waals surface area (Å²) in [5, 5.41) is 33.7. The normalized spacial score (nSPS) is 11.3. The number of fused-ring (bicyclic) bond motifs is 1. The van der Waals surface area contributed by atoms with Gasteiger partial charge in [0.1, 0.15) is 11.5 Å². The first-order chi connectivity index (χ1) is 15.7. The topological polar surface area (TPSA) is 139 Å². The van der Waals surface area contributed by atoms with Crippen LogP contribution in [0.2, 0.25) is 0 Å². The lowest BCUT2D eigenvalue weighted by atomic mass is 9.96. The number of nitro groups is 1. The molecule has 0 bridgehead atoms. The Morgan fingerprint density at radius 1 is 0.939 bits per heavy atom.